The highest BCUT2D eigenvalue weighted by Gasteiger charge is 2.44. The van der Waals surface area contributed by atoms with Crippen LogP contribution in [0.4, 0.5) is 0 Å². The number of rotatable bonds is 7. The molecule has 1 rings (SSSR count). The summed E-state index contributed by atoms with van der Waals surface area (Å²) in [5.41, 5.74) is 6.37. The van der Waals surface area contributed by atoms with E-state index in [1.54, 1.807) is 0 Å². The summed E-state index contributed by atoms with van der Waals surface area (Å²) in [6.45, 7) is 12.4. The minimum atomic E-state index is 0.600. The van der Waals surface area contributed by atoms with Crippen LogP contribution in [0.3, 0.4) is 0 Å². The van der Waals surface area contributed by atoms with Crippen molar-refractivity contribution in [1.82, 2.24) is 5.32 Å². The summed E-state index contributed by atoms with van der Waals surface area (Å²) in [6.07, 6.45) is 2.63. The smallest absolute Gasteiger partial charge is 0.000824 e. The van der Waals surface area contributed by atoms with Crippen LogP contribution in [0.25, 0.3) is 0 Å². The van der Waals surface area contributed by atoms with E-state index in [1.807, 2.05) is 0 Å². The first-order valence-corrected chi connectivity index (χ1v) is 6.36. The zero-order valence-corrected chi connectivity index (χ0v) is 10.8. The quantitative estimate of drug-likeness (QED) is 0.679. The van der Waals surface area contributed by atoms with Crippen molar-refractivity contribution in [2.45, 2.75) is 40.5 Å². The van der Waals surface area contributed by atoms with Crippen molar-refractivity contribution in [3.63, 3.8) is 0 Å². The molecule has 90 valence electrons. The molecule has 2 heteroatoms. The molecule has 0 saturated heterocycles. The Morgan fingerprint density at radius 2 is 2.00 bits per heavy atom. The molecule has 0 spiro atoms. The van der Waals surface area contributed by atoms with Crippen LogP contribution in [0.15, 0.2) is 0 Å². The summed E-state index contributed by atoms with van der Waals surface area (Å²) in [6, 6.07) is 0. The molecule has 1 aliphatic rings. The highest BCUT2D eigenvalue weighted by Crippen LogP contribution is 2.50. The van der Waals surface area contributed by atoms with Gasteiger partial charge in [0.25, 0.3) is 0 Å². The molecule has 0 aromatic heterocycles. The second-order valence-electron chi connectivity index (χ2n) is 6.28. The molecule has 0 aromatic carbocycles. The maximum absolute atomic E-state index is 5.77. The van der Waals surface area contributed by atoms with Crippen molar-refractivity contribution in [2.75, 3.05) is 19.6 Å². The van der Waals surface area contributed by atoms with Crippen LogP contribution in [0.2, 0.25) is 0 Å². The van der Waals surface area contributed by atoms with Gasteiger partial charge in [0, 0.05) is 0 Å². The van der Waals surface area contributed by atoms with Crippen molar-refractivity contribution in [2.24, 2.45) is 28.9 Å². The van der Waals surface area contributed by atoms with Crippen molar-refractivity contribution >= 4 is 0 Å². The lowest BCUT2D eigenvalue weighted by Crippen LogP contribution is -2.31. The molecule has 3 N–H and O–H groups in total. The zero-order valence-electron chi connectivity index (χ0n) is 10.8. The molecule has 1 saturated carbocycles. The number of nitrogens with two attached hydrogens (primary N) is 1. The van der Waals surface area contributed by atoms with Crippen molar-refractivity contribution < 1.29 is 0 Å². The van der Waals surface area contributed by atoms with Crippen LogP contribution >= 0.6 is 0 Å². The average Bonchev–Trinajstić information content (AvgIpc) is 2.71. The highest BCUT2D eigenvalue weighted by molar-refractivity contribution is 4.96. The van der Waals surface area contributed by atoms with E-state index in [-0.39, 0.29) is 0 Å². The second-order valence-corrected chi connectivity index (χ2v) is 6.28. The van der Waals surface area contributed by atoms with Crippen LogP contribution in [0, 0.1) is 23.2 Å². The van der Waals surface area contributed by atoms with Gasteiger partial charge in [-0.1, -0.05) is 27.7 Å². The van der Waals surface area contributed by atoms with Gasteiger partial charge in [-0.3, -0.25) is 0 Å². The third kappa shape index (κ3) is 4.52. The summed E-state index contributed by atoms with van der Waals surface area (Å²) in [7, 11) is 0. The molecule has 0 bridgehead atoms. The molecule has 15 heavy (non-hydrogen) atoms. The van der Waals surface area contributed by atoms with E-state index in [4.69, 9.17) is 5.73 Å². The first-order valence-electron chi connectivity index (χ1n) is 6.36. The van der Waals surface area contributed by atoms with E-state index in [1.165, 1.54) is 19.4 Å². The topological polar surface area (TPSA) is 38.0 Å². The standard InChI is InChI=1S/C13H28N2/c1-10(2)5-11(7-14)8-15-9-12-6-13(12,3)4/h10-12,15H,5-9,14H2,1-4H3. The van der Waals surface area contributed by atoms with Gasteiger partial charge < -0.3 is 11.1 Å². The summed E-state index contributed by atoms with van der Waals surface area (Å²) < 4.78 is 0. The Labute approximate surface area is 95.0 Å². The van der Waals surface area contributed by atoms with Gasteiger partial charge in [0.2, 0.25) is 0 Å². The van der Waals surface area contributed by atoms with Crippen LogP contribution < -0.4 is 11.1 Å². The van der Waals surface area contributed by atoms with Gasteiger partial charge in [0.05, 0.1) is 0 Å². The molecule has 1 aliphatic carbocycles. The van der Waals surface area contributed by atoms with Gasteiger partial charge in [-0.25, -0.2) is 0 Å². The summed E-state index contributed by atoms with van der Waals surface area (Å²) in [4.78, 5) is 0. The average molecular weight is 212 g/mol. The van der Waals surface area contributed by atoms with E-state index in [0.29, 0.717) is 11.3 Å². The van der Waals surface area contributed by atoms with Crippen LogP contribution in [0.5, 0.6) is 0 Å². The molecule has 0 aromatic rings. The lowest BCUT2D eigenvalue weighted by molar-refractivity contribution is 0.386. The monoisotopic (exact) mass is 212 g/mol. The second kappa shape index (κ2) is 5.31. The van der Waals surface area contributed by atoms with Gasteiger partial charge in [-0.2, -0.15) is 0 Å². The Bertz CT molecular complexity index is 187. The van der Waals surface area contributed by atoms with Crippen molar-refractivity contribution in [1.29, 1.82) is 0 Å². The van der Waals surface area contributed by atoms with Crippen LogP contribution in [0.1, 0.15) is 40.5 Å². The van der Waals surface area contributed by atoms with E-state index in [2.05, 4.69) is 33.0 Å². The number of nitrogens with one attached hydrogen (secondary N) is 1. The summed E-state index contributed by atoms with van der Waals surface area (Å²) in [5.74, 6) is 2.32. The maximum Gasteiger partial charge on any atom is -0.000824 e. The predicted octanol–water partition coefficient (Wildman–Crippen LogP) is 2.24. The Balaban J connectivity index is 2.07. The molecule has 2 unspecified atom stereocenters. The fourth-order valence-corrected chi connectivity index (χ4v) is 2.32. The SMILES string of the molecule is CC(C)CC(CN)CNCC1CC1(C)C. The Morgan fingerprint density at radius 1 is 1.40 bits per heavy atom. The zero-order chi connectivity index (χ0) is 11.5. The first kappa shape index (κ1) is 13.0. The van der Waals surface area contributed by atoms with Crippen LogP contribution in [-0.4, -0.2) is 19.6 Å². The minimum Gasteiger partial charge on any atom is -0.330 e. The molecule has 0 amide bonds. The van der Waals surface area contributed by atoms with Crippen LogP contribution in [-0.2, 0) is 0 Å². The lowest BCUT2D eigenvalue weighted by Gasteiger charge is -2.17. The van der Waals surface area contributed by atoms with Crippen molar-refractivity contribution in [3.8, 4) is 0 Å². The fourth-order valence-electron chi connectivity index (χ4n) is 2.32. The molecule has 0 aliphatic heterocycles. The van der Waals surface area contributed by atoms with E-state index >= 15 is 0 Å². The summed E-state index contributed by atoms with van der Waals surface area (Å²) in [5, 5.41) is 3.58. The van der Waals surface area contributed by atoms with E-state index in [9.17, 15) is 0 Å². The molecular weight excluding hydrogens is 184 g/mol. The third-order valence-corrected chi connectivity index (χ3v) is 3.68. The number of hydrogen-bond acceptors (Lipinski definition) is 2. The molecule has 2 nitrogen and oxygen atoms in total. The molecule has 0 radical (unpaired) electrons. The van der Waals surface area contributed by atoms with Gasteiger partial charge in [-0.05, 0) is 55.6 Å². The van der Waals surface area contributed by atoms with Gasteiger partial charge in [-0.15, -0.1) is 0 Å². The Hall–Kier alpha value is -0.0800. The largest absolute Gasteiger partial charge is 0.330 e. The molecule has 1 fully saturated rings. The number of hydrogen-bond donors (Lipinski definition) is 2. The highest BCUT2D eigenvalue weighted by atomic mass is 14.9. The Morgan fingerprint density at radius 3 is 2.40 bits per heavy atom. The lowest BCUT2D eigenvalue weighted by atomic mass is 9.97. The van der Waals surface area contributed by atoms with Crippen molar-refractivity contribution in [3.05, 3.63) is 0 Å². The third-order valence-electron chi connectivity index (χ3n) is 3.68. The maximum atomic E-state index is 5.77. The fraction of sp³-hybridized carbons (Fsp3) is 1.00. The van der Waals surface area contributed by atoms with Gasteiger partial charge in [0.1, 0.15) is 0 Å². The Kier molecular flexibility index (Phi) is 4.60. The molecular formula is C13H28N2. The van der Waals surface area contributed by atoms with E-state index < -0.39 is 0 Å². The summed E-state index contributed by atoms with van der Waals surface area (Å²) >= 11 is 0. The normalized spacial score (nSPS) is 25.6. The predicted molar refractivity (Wildman–Crippen MR) is 66.8 cm³/mol. The molecule has 2 atom stereocenters. The first-order chi connectivity index (χ1) is 6.95. The molecule has 0 heterocycles. The van der Waals surface area contributed by atoms with Gasteiger partial charge >= 0.3 is 0 Å². The minimum absolute atomic E-state index is 0.600. The van der Waals surface area contributed by atoms with Gasteiger partial charge in [0.15, 0.2) is 0 Å². The van der Waals surface area contributed by atoms with E-state index in [0.717, 1.165) is 24.9 Å².